The number of anilines is 1. The number of hydrogen-bond donors (Lipinski definition) is 1. The Hall–Kier alpha value is -0.800. The van der Waals surface area contributed by atoms with Gasteiger partial charge in [0.25, 0.3) is 0 Å². The first-order chi connectivity index (χ1) is 7.92. The van der Waals surface area contributed by atoms with E-state index in [9.17, 15) is 0 Å². The molecule has 0 saturated carbocycles. The summed E-state index contributed by atoms with van der Waals surface area (Å²) in [5, 5.41) is 11.4. The number of nitrogens with one attached hydrogen (secondary N) is 1. The molecule has 0 saturated heterocycles. The Morgan fingerprint density at radius 3 is 2.56 bits per heavy atom. The SMILES string of the molecule is CC(C)(C)Oc1ccccc1N/C([S-])=N/C#N.[Na+]. The Labute approximate surface area is 135 Å². The molecular weight excluding hydrogens is 257 g/mol. The predicted octanol–water partition coefficient (Wildman–Crippen LogP) is -0.336. The van der Waals surface area contributed by atoms with Crippen molar-refractivity contribution in [1.29, 1.82) is 5.26 Å². The van der Waals surface area contributed by atoms with Gasteiger partial charge < -0.3 is 22.7 Å². The third-order valence-electron chi connectivity index (χ3n) is 1.70. The summed E-state index contributed by atoms with van der Waals surface area (Å²) in [6.07, 6.45) is 1.64. The molecule has 1 aromatic carbocycles. The molecule has 90 valence electrons. The van der Waals surface area contributed by atoms with Crippen molar-refractivity contribution in [2.75, 3.05) is 5.32 Å². The second kappa shape index (κ2) is 7.59. The number of rotatable bonds is 2. The van der Waals surface area contributed by atoms with E-state index in [4.69, 9.17) is 22.6 Å². The maximum atomic E-state index is 8.40. The Morgan fingerprint density at radius 2 is 2.00 bits per heavy atom. The molecule has 0 radical (unpaired) electrons. The van der Waals surface area contributed by atoms with Gasteiger partial charge in [0.1, 0.15) is 11.4 Å². The van der Waals surface area contributed by atoms with Crippen LogP contribution in [-0.2, 0) is 12.6 Å². The first-order valence-corrected chi connectivity index (χ1v) is 5.52. The van der Waals surface area contributed by atoms with Gasteiger partial charge in [-0.05, 0) is 38.1 Å². The van der Waals surface area contributed by atoms with Crippen molar-refractivity contribution < 1.29 is 34.3 Å². The van der Waals surface area contributed by atoms with Crippen LogP contribution in [0, 0.1) is 11.5 Å². The molecule has 6 heteroatoms. The number of para-hydroxylation sites is 2. The average Bonchev–Trinajstić information content (AvgIpc) is 2.19. The summed E-state index contributed by atoms with van der Waals surface area (Å²) in [5.41, 5.74) is 0.401. The van der Waals surface area contributed by atoms with E-state index in [0.29, 0.717) is 11.4 Å². The van der Waals surface area contributed by atoms with E-state index in [2.05, 4.69) is 10.3 Å². The normalized spacial score (nSPS) is 11.1. The largest absolute Gasteiger partial charge is 1.00 e. The van der Waals surface area contributed by atoms with Crippen LogP contribution in [0.2, 0.25) is 0 Å². The summed E-state index contributed by atoms with van der Waals surface area (Å²) in [6, 6.07) is 7.38. The molecule has 0 aliphatic heterocycles. The Balaban J connectivity index is 0.00000289. The minimum absolute atomic E-state index is 0. The quantitative estimate of drug-likeness (QED) is 0.263. The minimum Gasteiger partial charge on any atom is -0.742 e. The van der Waals surface area contributed by atoms with Gasteiger partial charge in [0.2, 0.25) is 6.19 Å². The molecule has 0 bridgehead atoms. The summed E-state index contributed by atoms with van der Waals surface area (Å²) >= 11 is 4.88. The van der Waals surface area contributed by atoms with Crippen LogP contribution in [0.4, 0.5) is 5.69 Å². The zero-order chi connectivity index (χ0) is 12.9. The fourth-order valence-electron chi connectivity index (χ4n) is 1.18. The zero-order valence-electron chi connectivity index (χ0n) is 11.0. The first-order valence-electron chi connectivity index (χ1n) is 5.11. The van der Waals surface area contributed by atoms with E-state index in [0.717, 1.165) is 0 Å². The fourth-order valence-corrected chi connectivity index (χ4v) is 1.33. The van der Waals surface area contributed by atoms with Gasteiger partial charge in [0.05, 0.1) is 5.69 Å². The molecule has 4 nitrogen and oxygen atoms in total. The van der Waals surface area contributed by atoms with Gasteiger partial charge in [0, 0.05) is 0 Å². The van der Waals surface area contributed by atoms with E-state index < -0.39 is 0 Å². The number of nitriles is 1. The van der Waals surface area contributed by atoms with E-state index in [-0.39, 0.29) is 40.3 Å². The summed E-state index contributed by atoms with van der Waals surface area (Å²) in [6.45, 7) is 5.88. The van der Waals surface area contributed by atoms with Crippen molar-refractivity contribution in [2.24, 2.45) is 4.99 Å². The second-order valence-electron chi connectivity index (χ2n) is 4.35. The summed E-state index contributed by atoms with van der Waals surface area (Å²) in [4.78, 5) is 3.43. The summed E-state index contributed by atoms with van der Waals surface area (Å²) < 4.78 is 5.77. The molecule has 18 heavy (non-hydrogen) atoms. The van der Waals surface area contributed by atoms with Crippen LogP contribution in [0.25, 0.3) is 0 Å². The van der Waals surface area contributed by atoms with Crippen LogP contribution < -0.4 is 39.6 Å². The van der Waals surface area contributed by atoms with Crippen molar-refractivity contribution in [3.05, 3.63) is 24.3 Å². The number of benzene rings is 1. The second-order valence-corrected chi connectivity index (χ2v) is 4.74. The fraction of sp³-hybridized carbons (Fsp3) is 0.333. The van der Waals surface area contributed by atoms with E-state index in [1.807, 2.05) is 45.0 Å². The Morgan fingerprint density at radius 1 is 1.39 bits per heavy atom. The molecule has 0 aliphatic rings. The maximum absolute atomic E-state index is 8.40. The minimum atomic E-state index is -0.300. The van der Waals surface area contributed by atoms with Gasteiger partial charge in [-0.15, -0.1) is 0 Å². The molecule has 0 atom stereocenters. The molecule has 0 amide bonds. The zero-order valence-corrected chi connectivity index (χ0v) is 13.8. The van der Waals surface area contributed by atoms with E-state index >= 15 is 0 Å². The monoisotopic (exact) mass is 271 g/mol. The average molecular weight is 271 g/mol. The molecule has 0 fully saturated rings. The van der Waals surface area contributed by atoms with Crippen LogP contribution in [0.3, 0.4) is 0 Å². The maximum Gasteiger partial charge on any atom is 1.00 e. The van der Waals surface area contributed by atoms with Gasteiger partial charge in [0.15, 0.2) is 0 Å². The van der Waals surface area contributed by atoms with Gasteiger partial charge in [-0.2, -0.15) is 10.3 Å². The van der Waals surface area contributed by atoms with Gasteiger partial charge in [-0.3, -0.25) is 0 Å². The van der Waals surface area contributed by atoms with Crippen molar-refractivity contribution in [3.63, 3.8) is 0 Å². The molecule has 0 aliphatic carbocycles. The van der Waals surface area contributed by atoms with Gasteiger partial charge in [-0.1, -0.05) is 12.1 Å². The number of amidine groups is 1. The van der Waals surface area contributed by atoms with Crippen molar-refractivity contribution in [2.45, 2.75) is 26.4 Å². The first kappa shape index (κ1) is 17.2. The predicted molar refractivity (Wildman–Crippen MR) is 70.9 cm³/mol. The van der Waals surface area contributed by atoms with E-state index in [1.54, 1.807) is 6.19 Å². The van der Waals surface area contributed by atoms with Gasteiger partial charge >= 0.3 is 29.6 Å². The van der Waals surface area contributed by atoms with Gasteiger partial charge in [-0.25, -0.2) is 0 Å². The topological polar surface area (TPSA) is 57.4 Å². The Bertz CT molecular complexity index is 463. The molecule has 0 heterocycles. The number of aliphatic imine (C=N–C) groups is 1. The third kappa shape index (κ3) is 6.22. The molecular formula is C12H14N3NaOS. The number of hydrogen-bond acceptors (Lipinski definition) is 4. The van der Waals surface area contributed by atoms with Crippen LogP contribution >= 0.6 is 0 Å². The van der Waals surface area contributed by atoms with Crippen molar-refractivity contribution in [1.82, 2.24) is 0 Å². The molecule has 1 rings (SSSR count). The molecule has 1 N–H and O–H groups in total. The molecule has 1 aromatic rings. The van der Waals surface area contributed by atoms with Crippen molar-refractivity contribution in [3.8, 4) is 11.9 Å². The molecule has 0 unspecified atom stereocenters. The Kier molecular flexibility index (Phi) is 7.26. The smallest absolute Gasteiger partial charge is 0.742 e. The summed E-state index contributed by atoms with van der Waals surface area (Å²) in [7, 11) is 0. The summed E-state index contributed by atoms with van der Waals surface area (Å²) in [5.74, 6) is 0.676. The van der Waals surface area contributed by atoms with Crippen LogP contribution in [-0.4, -0.2) is 10.8 Å². The molecule has 0 spiro atoms. The van der Waals surface area contributed by atoms with Crippen LogP contribution in [0.15, 0.2) is 29.3 Å². The standard InChI is InChI=1S/C12H15N3OS.Na/c1-12(2,3)16-10-7-5-4-6-9(10)15-11(17)14-8-13;/h4-7H,1-3H3,(H2,14,15,17);/q;+1/p-1. The molecule has 0 aromatic heterocycles. The van der Waals surface area contributed by atoms with Crippen molar-refractivity contribution >= 4 is 23.5 Å². The number of ether oxygens (including phenoxy) is 1. The number of nitrogens with zero attached hydrogens (tertiary/aromatic N) is 2. The van der Waals surface area contributed by atoms with E-state index in [1.165, 1.54) is 0 Å². The van der Waals surface area contributed by atoms with Crippen LogP contribution in [0.1, 0.15) is 20.8 Å². The van der Waals surface area contributed by atoms with Crippen LogP contribution in [0.5, 0.6) is 5.75 Å². The third-order valence-corrected chi connectivity index (χ3v) is 1.89.